The quantitative estimate of drug-likeness (QED) is 0.895. The van der Waals surface area contributed by atoms with E-state index >= 15 is 0 Å². The highest BCUT2D eigenvalue weighted by atomic mass is 79.9. The van der Waals surface area contributed by atoms with Crippen molar-refractivity contribution in [2.75, 3.05) is 20.1 Å². The molecule has 1 aromatic carbocycles. The number of halogens is 1. The van der Waals surface area contributed by atoms with Crippen LogP contribution in [0, 0.1) is 0 Å². The van der Waals surface area contributed by atoms with Crippen LogP contribution in [-0.2, 0) is 4.79 Å². The van der Waals surface area contributed by atoms with Crippen molar-refractivity contribution in [2.45, 2.75) is 18.4 Å². The van der Waals surface area contributed by atoms with E-state index in [0.29, 0.717) is 11.5 Å². The minimum absolute atomic E-state index is 0.513. The van der Waals surface area contributed by atoms with Gasteiger partial charge in [0.15, 0.2) is 0 Å². The third kappa shape index (κ3) is 2.74. The van der Waals surface area contributed by atoms with Gasteiger partial charge < -0.3 is 15.7 Å². The van der Waals surface area contributed by atoms with Gasteiger partial charge in [-0.2, -0.15) is 0 Å². The Morgan fingerprint density at radius 2 is 2.33 bits per heavy atom. The standard InChI is InChI=1S/C13H17BrN2O2/c1-16-5-4-9(7-16)10-3-2-8(6-11(10)14)12(15)13(17)18/h2-3,6,9,12H,4-5,7,15H2,1H3,(H,17,18). The molecule has 18 heavy (non-hydrogen) atoms. The molecule has 0 bridgehead atoms. The second kappa shape index (κ2) is 5.38. The van der Waals surface area contributed by atoms with E-state index in [9.17, 15) is 4.79 Å². The maximum Gasteiger partial charge on any atom is 0.325 e. The summed E-state index contributed by atoms with van der Waals surface area (Å²) < 4.78 is 0.956. The number of carboxylic acid groups (broad SMARTS) is 1. The van der Waals surface area contributed by atoms with Gasteiger partial charge in [-0.3, -0.25) is 4.79 Å². The SMILES string of the molecule is CN1CCC(c2ccc(C(N)C(=O)O)cc2Br)C1. The summed E-state index contributed by atoms with van der Waals surface area (Å²) in [7, 11) is 2.11. The fourth-order valence-electron chi connectivity index (χ4n) is 2.40. The molecule has 5 heteroatoms. The summed E-state index contributed by atoms with van der Waals surface area (Å²) in [6.07, 6.45) is 1.14. The van der Waals surface area contributed by atoms with Crippen molar-refractivity contribution >= 4 is 21.9 Å². The molecule has 0 radical (unpaired) electrons. The molecule has 3 N–H and O–H groups in total. The topological polar surface area (TPSA) is 66.6 Å². The summed E-state index contributed by atoms with van der Waals surface area (Å²) >= 11 is 3.53. The lowest BCUT2D eigenvalue weighted by Gasteiger charge is -2.15. The maximum absolute atomic E-state index is 10.8. The lowest BCUT2D eigenvalue weighted by atomic mass is 9.96. The summed E-state index contributed by atoms with van der Waals surface area (Å²) in [6, 6.07) is 4.68. The van der Waals surface area contributed by atoms with Crippen LogP contribution in [0.15, 0.2) is 22.7 Å². The number of likely N-dealkylation sites (tertiary alicyclic amines) is 1. The average molecular weight is 313 g/mol. The number of nitrogens with two attached hydrogens (primary N) is 1. The third-order valence-electron chi connectivity index (χ3n) is 3.48. The fraction of sp³-hybridized carbons (Fsp3) is 0.462. The van der Waals surface area contributed by atoms with Crippen molar-refractivity contribution in [3.8, 4) is 0 Å². The highest BCUT2D eigenvalue weighted by Gasteiger charge is 2.24. The molecule has 1 fully saturated rings. The predicted molar refractivity (Wildman–Crippen MR) is 73.6 cm³/mol. The van der Waals surface area contributed by atoms with Crippen LogP contribution in [0.2, 0.25) is 0 Å². The van der Waals surface area contributed by atoms with Gasteiger partial charge in [-0.15, -0.1) is 0 Å². The molecule has 1 aliphatic rings. The minimum atomic E-state index is -1.00. The molecule has 0 spiro atoms. The molecule has 2 rings (SSSR count). The second-order valence-electron chi connectivity index (χ2n) is 4.84. The smallest absolute Gasteiger partial charge is 0.325 e. The Balaban J connectivity index is 2.22. The van der Waals surface area contributed by atoms with E-state index in [1.54, 1.807) is 0 Å². The molecule has 0 aromatic heterocycles. The Labute approximate surface area is 115 Å². The van der Waals surface area contributed by atoms with Crippen molar-refractivity contribution in [1.82, 2.24) is 4.90 Å². The van der Waals surface area contributed by atoms with E-state index in [1.807, 2.05) is 18.2 Å². The number of carboxylic acids is 1. The van der Waals surface area contributed by atoms with Gasteiger partial charge in [0.25, 0.3) is 0 Å². The van der Waals surface area contributed by atoms with Crippen molar-refractivity contribution < 1.29 is 9.90 Å². The molecule has 4 nitrogen and oxygen atoms in total. The lowest BCUT2D eigenvalue weighted by molar-refractivity contribution is -0.138. The van der Waals surface area contributed by atoms with Gasteiger partial charge in [-0.25, -0.2) is 0 Å². The highest BCUT2D eigenvalue weighted by molar-refractivity contribution is 9.10. The number of nitrogens with zero attached hydrogens (tertiary/aromatic N) is 1. The first kappa shape index (κ1) is 13.5. The van der Waals surface area contributed by atoms with Crippen LogP contribution in [-0.4, -0.2) is 36.1 Å². The Bertz CT molecular complexity index is 464. The van der Waals surface area contributed by atoms with Crippen LogP contribution < -0.4 is 5.73 Å². The Kier molecular flexibility index (Phi) is 4.04. The average Bonchev–Trinajstić information content (AvgIpc) is 2.74. The summed E-state index contributed by atoms with van der Waals surface area (Å²) in [5.74, 6) is -0.491. The number of rotatable bonds is 3. The van der Waals surface area contributed by atoms with E-state index < -0.39 is 12.0 Å². The van der Waals surface area contributed by atoms with Crippen LogP contribution in [0.1, 0.15) is 29.5 Å². The Hall–Kier alpha value is -0.910. The zero-order valence-corrected chi connectivity index (χ0v) is 11.9. The van der Waals surface area contributed by atoms with Gasteiger partial charge in [0.05, 0.1) is 0 Å². The molecule has 0 aliphatic carbocycles. The van der Waals surface area contributed by atoms with Gasteiger partial charge in [-0.05, 0) is 43.1 Å². The molecule has 1 saturated heterocycles. The fourth-order valence-corrected chi connectivity index (χ4v) is 3.12. The number of likely N-dealkylation sites (N-methyl/N-ethyl adjacent to an activating group) is 1. The molecule has 98 valence electrons. The van der Waals surface area contributed by atoms with E-state index in [-0.39, 0.29) is 0 Å². The van der Waals surface area contributed by atoms with Crippen LogP contribution in [0.3, 0.4) is 0 Å². The Morgan fingerprint density at radius 3 is 2.83 bits per heavy atom. The summed E-state index contributed by atoms with van der Waals surface area (Å²) in [5.41, 5.74) is 7.47. The second-order valence-corrected chi connectivity index (χ2v) is 5.70. The molecule has 0 saturated carbocycles. The van der Waals surface area contributed by atoms with Crippen LogP contribution >= 0.6 is 15.9 Å². The normalized spacial score (nSPS) is 22.1. The molecule has 1 aromatic rings. The zero-order chi connectivity index (χ0) is 13.3. The van der Waals surface area contributed by atoms with Gasteiger partial charge in [0, 0.05) is 11.0 Å². The van der Waals surface area contributed by atoms with Crippen molar-refractivity contribution in [1.29, 1.82) is 0 Å². The number of aliphatic carboxylic acids is 1. The van der Waals surface area contributed by atoms with Crippen molar-refractivity contribution in [2.24, 2.45) is 5.73 Å². The molecule has 2 unspecified atom stereocenters. The van der Waals surface area contributed by atoms with Crippen LogP contribution in [0.25, 0.3) is 0 Å². The number of carbonyl (C=O) groups is 1. The largest absolute Gasteiger partial charge is 0.480 e. The first-order valence-electron chi connectivity index (χ1n) is 5.95. The number of benzene rings is 1. The van der Waals surface area contributed by atoms with Crippen LogP contribution in [0.5, 0.6) is 0 Å². The minimum Gasteiger partial charge on any atom is -0.480 e. The highest BCUT2D eigenvalue weighted by Crippen LogP contribution is 2.33. The zero-order valence-electron chi connectivity index (χ0n) is 10.3. The number of hydrogen-bond donors (Lipinski definition) is 2. The van der Waals surface area contributed by atoms with Crippen LogP contribution in [0.4, 0.5) is 0 Å². The molecule has 0 amide bonds. The van der Waals surface area contributed by atoms with E-state index in [0.717, 1.165) is 24.0 Å². The molecule has 1 aliphatic heterocycles. The third-order valence-corrected chi connectivity index (χ3v) is 4.17. The molecule has 1 heterocycles. The molecule has 2 atom stereocenters. The predicted octanol–water partition coefficient (Wildman–Crippen LogP) is 1.95. The monoisotopic (exact) mass is 312 g/mol. The molecular formula is C13H17BrN2O2. The van der Waals surface area contributed by atoms with Gasteiger partial charge in [0.2, 0.25) is 0 Å². The summed E-state index contributed by atoms with van der Waals surface area (Å²) in [5, 5.41) is 8.89. The van der Waals surface area contributed by atoms with E-state index in [2.05, 4.69) is 27.9 Å². The van der Waals surface area contributed by atoms with Crippen molar-refractivity contribution in [3.63, 3.8) is 0 Å². The van der Waals surface area contributed by atoms with Crippen molar-refractivity contribution in [3.05, 3.63) is 33.8 Å². The van der Waals surface area contributed by atoms with Gasteiger partial charge in [-0.1, -0.05) is 28.1 Å². The lowest BCUT2D eigenvalue weighted by Crippen LogP contribution is -2.20. The van der Waals surface area contributed by atoms with E-state index in [4.69, 9.17) is 10.8 Å². The first-order chi connectivity index (χ1) is 8.49. The van der Waals surface area contributed by atoms with Gasteiger partial charge in [0.1, 0.15) is 6.04 Å². The van der Waals surface area contributed by atoms with E-state index in [1.165, 1.54) is 5.56 Å². The maximum atomic E-state index is 10.8. The summed E-state index contributed by atoms with van der Waals surface area (Å²) in [6.45, 7) is 2.15. The van der Waals surface area contributed by atoms with Gasteiger partial charge >= 0.3 is 5.97 Å². The number of hydrogen-bond acceptors (Lipinski definition) is 3. The summed E-state index contributed by atoms with van der Waals surface area (Å²) in [4.78, 5) is 13.1. The first-order valence-corrected chi connectivity index (χ1v) is 6.74. The Morgan fingerprint density at radius 1 is 1.61 bits per heavy atom. The molecular weight excluding hydrogens is 296 g/mol.